The number of hydrazone groups is 1. The molecule has 0 aromatic rings. The molecule has 2 rings (SSSR count). The molecule has 64 valence electrons. The molecule has 2 unspecified atom stereocenters. The lowest BCUT2D eigenvalue weighted by atomic mass is 9.90. The van der Waals surface area contributed by atoms with E-state index in [0.29, 0.717) is 12.0 Å². The fourth-order valence-electron chi connectivity index (χ4n) is 1.70. The highest BCUT2D eigenvalue weighted by molar-refractivity contribution is 14.1. The normalized spacial score (nSPS) is 33.1. The summed E-state index contributed by atoms with van der Waals surface area (Å²) in [6.45, 7) is 2.17. The van der Waals surface area contributed by atoms with Gasteiger partial charge >= 0.3 is 0 Å². The van der Waals surface area contributed by atoms with Gasteiger partial charge in [-0.2, -0.15) is 5.10 Å². The summed E-state index contributed by atoms with van der Waals surface area (Å²) >= 11 is 2.39. The molecule has 2 nitrogen and oxygen atoms in total. The molecule has 1 heterocycles. The molecule has 0 aromatic carbocycles. The number of likely N-dealkylation sites (N-methyl/N-ethyl adjacent to an activating group) is 1. The molecular weight excluding hydrogens is 263 g/mol. The maximum absolute atomic E-state index is 4.30. The van der Waals surface area contributed by atoms with E-state index in [-0.39, 0.29) is 0 Å². The summed E-state index contributed by atoms with van der Waals surface area (Å²) in [5.41, 5.74) is 1.41. The Morgan fingerprint density at radius 3 is 2.92 bits per heavy atom. The molecule has 1 aliphatic heterocycles. The van der Waals surface area contributed by atoms with Gasteiger partial charge in [-0.15, -0.1) is 0 Å². The molecule has 12 heavy (non-hydrogen) atoms. The van der Waals surface area contributed by atoms with Crippen LogP contribution in [-0.2, 0) is 0 Å². The van der Waals surface area contributed by atoms with Gasteiger partial charge in [-0.3, -0.25) is 5.01 Å². The van der Waals surface area contributed by atoms with Crippen molar-refractivity contribution in [3.63, 3.8) is 0 Å². The topological polar surface area (TPSA) is 15.6 Å². The van der Waals surface area contributed by atoms with Crippen molar-refractivity contribution in [2.24, 2.45) is 11.0 Å². The third kappa shape index (κ3) is 1.11. The van der Waals surface area contributed by atoms with Crippen LogP contribution < -0.4 is 0 Å². The number of fused-ring (bicyclic) bond motifs is 1. The van der Waals surface area contributed by atoms with E-state index in [2.05, 4.69) is 46.8 Å². The van der Waals surface area contributed by atoms with Crippen LogP contribution in [0.1, 0.15) is 6.92 Å². The van der Waals surface area contributed by atoms with Crippen molar-refractivity contribution in [3.8, 4) is 0 Å². The second kappa shape index (κ2) is 2.87. The van der Waals surface area contributed by atoms with Crippen molar-refractivity contribution in [1.29, 1.82) is 0 Å². The molecule has 3 heteroatoms. The van der Waals surface area contributed by atoms with Crippen molar-refractivity contribution in [1.82, 2.24) is 5.01 Å². The van der Waals surface area contributed by atoms with Gasteiger partial charge in [0.15, 0.2) is 0 Å². The van der Waals surface area contributed by atoms with E-state index in [1.54, 1.807) is 0 Å². The molecule has 0 radical (unpaired) electrons. The summed E-state index contributed by atoms with van der Waals surface area (Å²) in [6, 6.07) is 0.468. The minimum atomic E-state index is 0.468. The van der Waals surface area contributed by atoms with Crippen LogP contribution in [0.25, 0.3) is 0 Å². The van der Waals surface area contributed by atoms with Gasteiger partial charge in [0.2, 0.25) is 0 Å². The lowest BCUT2D eigenvalue weighted by Gasteiger charge is -2.27. The summed E-state index contributed by atoms with van der Waals surface area (Å²) < 4.78 is 1.38. The van der Waals surface area contributed by atoms with Crippen molar-refractivity contribution in [2.75, 3.05) is 7.05 Å². The molecule has 0 saturated carbocycles. The number of rotatable bonds is 0. The first-order valence-corrected chi connectivity index (χ1v) is 5.09. The number of halogens is 1. The molecule has 1 aliphatic carbocycles. The highest BCUT2D eigenvalue weighted by atomic mass is 127. The fraction of sp³-hybridized carbons (Fsp3) is 0.444. The Bertz CT molecular complexity index is 291. The number of allylic oxidation sites excluding steroid dienone is 2. The summed E-state index contributed by atoms with van der Waals surface area (Å²) in [5, 5.41) is 6.34. The van der Waals surface area contributed by atoms with Crippen molar-refractivity contribution in [3.05, 3.63) is 21.3 Å². The second-order valence-corrected chi connectivity index (χ2v) is 4.52. The molecule has 0 amide bonds. The van der Waals surface area contributed by atoms with Crippen LogP contribution in [0.2, 0.25) is 0 Å². The molecule has 0 N–H and O–H groups in total. The van der Waals surface area contributed by atoms with Gasteiger partial charge in [-0.25, -0.2) is 0 Å². The van der Waals surface area contributed by atoms with E-state index in [9.17, 15) is 0 Å². The van der Waals surface area contributed by atoms with E-state index in [1.807, 2.05) is 18.3 Å². The van der Waals surface area contributed by atoms with E-state index >= 15 is 0 Å². The number of hydrogen-bond donors (Lipinski definition) is 0. The Balaban J connectivity index is 2.37. The Labute approximate surface area is 86.2 Å². The lowest BCUT2D eigenvalue weighted by molar-refractivity contribution is 0.301. The van der Waals surface area contributed by atoms with Crippen LogP contribution >= 0.6 is 22.6 Å². The number of nitrogens with zero attached hydrogens (tertiary/aromatic N) is 2. The predicted octanol–water partition coefficient (Wildman–Crippen LogP) is 2.18. The monoisotopic (exact) mass is 274 g/mol. The van der Waals surface area contributed by atoms with E-state index < -0.39 is 0 Å². The summed E-state index contributed by atoms with van der Waals surface area (Å²) in [4.78, 5) is 0. The van der Waals surface area contributed by atoms with Crippen molar-refractivity contribution in [2.45, 2.75) is 13.0 Å². The SMILES string of the molecule is CC1=CC=C(I)C2C1C=NN2C. The van der Waals surface area contributed by atoms with Gasteiger partial charge < -0.3 is 0 Å². The first-order chi connectivity index (χ1) is 5.70. The predicted molar refractivity (Wildman–Crippen MR) is 59.4 cm³/mol. The Morgan fingerprint density at radius 2 is 2.25 bits per heavy atom. The molecule has 2 aliphatic rings. The zero-order chi connectivity index (χ0) is 8.72. The third-order valence-corrected chi connectivity index (χ3v) is 3.46. The second-order valence-electron chi connectivity index (χ2n) is 3.27. The van der Waals surface area contributed by atoms with E-state index in [1.165, 1.54) is 9.15 Å². The van der Waals surface area contributed by atoms with Crippen LogP contribution in [0.3, 0.4) is 0 Å². The maximum Gasteiger partial charge on any atom is 0.0888 e. The van der Waals surface area contributed by atoms with Crippen molar-refractivity contribution < 1.29 is 0 Å². The molecule has 0 spiro atoms. The third-order valence-electron chi connectivity index (χ3n) is 2.47. The molecule has 0 aromatic heterocycles. The Morgan fingerprint density at radius 1 is 1.50 bits per heavy atom. The molecule has 0 bridgehead atoms. The van der Waals surface area contributed by atoms with Gasteiger partial charge in [0.25, 0.3) is 0 Å². The Kier molecular flexibility index (Phi) is 1.98. The minimum Gasteiger partial charge on any atom is -0.291 e. The lowest BCUT2D eigenvalue weighted by Crippen LogP contribution is -2.31. The highest BCUT2D eigenvalue weighted by Crippen LogP contribution is 2.34. The molecular formula is C9H11IN2. The van der Waals surface area contributed by atoms with Crippen LogP contribution in [-0.4, -0.2) is 24.3 Å². The first kappa shape index (κ1) is 8.29. The van der Waals surface area contributed by atoms with Crippen LogP contribution in [0, 0.1) is 5.92 Å². The zero-order valence-corrected chi connectivity index (χ0v) is 9.32. The number of hydrogen-bond acceptors (Lipinski definition) is 2. The maximum atomic E-state index is 4.30. The molecule has 0 fully saturated rings. The molecule has 0 saturated heterocycles. The first-order valence-electron chi connectivity index (χ1n) is 4.01. The summed E-state index contributed by atoms with van der Waals surface area (Å²) in [6.07, 6.45) is 6.42. The Hall–Kier alpha value is -0.320. The fourth-order valence-corrected chi connectivity index (χ4v) is 2.67. The smallest absolute Gasteiger partial charge is 0.0888 e. The van der Waals surface area contributed by atoms with Crippen molar-refractivity contribution >= 4 is 28.8 Å². The standard InChI is InChI=1S/C9H11IN2/c1-6-3-4-8(10)9-7(6)5-11-12(9)2/h3-5,7,9H,1-2H3. The minimum absolute atomic E-state index is 0.468. The van der Waals surface area contributed by atoms with E-state index in [0.717, 1.165) is 0 Å². The van der Waals surface area contributed by atoms with Gasteiger partial charge in [0, 0.05) is 22.8 Å². The summed E-state index contributed by atoms with van der Waals surface area (Å²) in [5.74, 6) is 0.506. The summed E-state index contributed by atoms with van der Waals surface area (Å²) in [7, 11) is 2.03. The van der Waals surface area contributed by atoms with Crippen LogP contribution in [0.4, 0.5) is 0 Å². The van der Waals surface area contributed by atoms with Crippen LogP contribution in [0.5, 0.6) is 0 Å². The highest BCUT2D eigenvalue weighted by Gasteiger charge is 2.33. The average Bonchev–Trinajstić information content (AvgIpc) is 2.42. The average molecular weight is 274 g/mol. The zero-order valence-electron chi connectivity index (χ0n) is 7.16. The van der Waals surface area contributed by atoms with Gasteiger partial charge in [0.1, 0.15) is 0 Å². The van der Waals surface area contributed by atoms with Gasteiger partial charge in [0.05, 0.1) is 6.04 Å². The largest absolute Gasteiger partial charge is 0.291 e. The quantitative estimate of drug-likeness (QED) is 0.618. The van der Waals surface area contributed by atoms with Gasteiger partial charge in [-0.1, -0.05) is 17.7 Å². The van der Waals surface area contributed by atoms with E-state index in [4.69, 9.17) is 0 Å². The molecule has 2 atom stereocenters. The van der Waals surface area contributed by atoms with Gasteiger partial charge in [-0.05, 0) is 29.5 Å². The van der Waals surface area contributed by atoms with Crippen LogP contribution in [0.15, 0.2) is 26.4 Å².